The smallest absolute Gasteiger partial charge is 0.159 e. The summed E-state index contributed by atoms with van der Waals surface area (Å²) in [7, 11) is 0. The quantitative estimate of drug-likeness (QED) is 0.821. The first kappa shape index (κ1) is 10.6. The lowest BCUT2D eigenvalue weighted by Gasteiger charge is -2.16. The Morgan fingerprint density at radius 1 is 1.40 bits per heavy atom. The molecule has 3 nitrogen and oxygen atoms in total. The van der Waals surface area contributed by atoms with E-state index in [1.165, 1.54) is 5.56 Å². The highest BCUT2D eigenvalue weighted by atomic mass is 16.7. The monoisotopic (exact) mass is 207 g/mol. The van der Waals surface area contributed by atoms with E-state index in [2.05, 4.69) is 19.1 Å². The maximum atomic E-state index is 6.08. The van der Waals surface area contributed by atoms with E-state index >= 15 is 0 Å². The molecule has 1 atom stereocenters. The average molecular weight is 207 g/mol. The molecule has 1 unspecified atom stereocenters. The Bertz CT molecular complexity index is 321. The second-order valence-electron chi connectivity index (χ2n) is 3.93. The summed E-state index contributed by atoms with van der Waals surface area (Å²) in [6.07, 6.45) is 0.601. The standard InChI is InChI=1S/C12H17NO2/c1-9-3-2-4-10(7-9)11(13)8-12-14-5-6-15-12/h2-4,7,11-12H,5-6,8,13H2,1H3. The Morgan fingerprint density at radius 3 is 2.80 bits per heavy atom. The summed E-state index contributed by atoms with van der Waals surface area (Å²) in [6.45, 7) is 3.44. The van der Waals surface area contributed by atoms with Gasteiger partial charge in [0.25, 0.3) is 0 Å². The molecule has 0 saturated carbocycles. The van der Waals surface area contributed by atoms with E-state index < -0.39 is 0 Å². The average Bonchev–Trinajstić information content (AvgIpc) is 2.70. The zero-order valence-corrected chi connectivity index (χ0v) is 8.98. The summed E-state index contributed by atoms with van der Waals surface area (Å²) in [4.78, 5) is 0. The van der Waals surface area contributed by atoms with Gasteiger partial charge in [-0.05, 0) is 12.5 Å². The van der Waals surface area contributed by atoms with Crippen LogP contribution in [-0.4, -0.2) is 19.5 Å². The zero-order valence-electron chi connectivity index (χ0n) is 8.98. The van der Waals surface area contributed by atoms with Crippen LogP contribution in [0.4, 0.5) is 0 Å². The van der Waals surface area contributed by atoms with Crippen molar-refractivity contribution < 1.29 is 9.47 Å². The molecule has 1 heterocycles. The minimum absolute atomic E-state index is 0.00648. The van der Waals surface area contributed by atoms with Gasteiger partial charge in [0.05, 0.1) is 13.2 Å². The molecule has 1 fully saturated rings. The predicted octanol–water partition coefficient (Wildman–Crippen LogP) is 1.76. The van der Waals surface area contributed by atoms with Crippen molar-refractivity contribution in [2.45, 2.75) is 25.7 Å². The van der Waals surface area contributed by atoms with Crippen molar-refractivity contribution in [2.24, 2.45) is 5.73 Å². The molecule has 1 aliphatic rings. The number of hydrogen-bond acceptors (Lipinski definition) is 3. The summed E-state index contributed by atoms with van der Waals surface area (Å²) in [5.74, 6) is 0. The van der Waals surface area contributed by atoms with Gasteiger partial charge in [-0.3, -0.25) is 0 Å². The van der Waals surface area contributed by atoms with Crippen LogP contribution in [0.2, 0.25) is 0 Å². The van der Waals surface area contributed by atoms with Crippen LogP contribution in [0.1, 0.15) is 23.6 Å². The largest absolute Gasteiger partial charge is 0.350 e. The molecular weight excluding hydrogens is 190 g/mol. The van der Waals surface area contributed by atoms with Gasteiger partial charge >= 0.3 is 0 Å². The SMILES string of the molecule is Cc1cccc(C(N)CC2OCCO2)c1. The molecule has 3 heteroatoms. The number of rotatable bonds is 3. The van der Waals surface area contributed by atoms with Crippen LogP contribution in [0, 0.1) is 6.92 Å². The maximum Gasteiger partial charge on any atom is 0.159 e. The first-order valence-corrected chi connectivity index (χ1v) is 5.31. The Kier molecular flexibility index (Phi) is 3.36. The van der Waals surface area contributed by atoms with E-state index in [9.17, 15) is 0 Å². The first-order valence-electron chi connectivity index (χ1n) is 5.31. The highest BCUT2D eigenvalue weighted by molar-refractivity contribution is 5.24. The van der Waals surface area contributed by atoms with Crippen LogP contribution in [0.3, 0.4) is 0 Å². The summed E-state index contributed by atoms with van der Waals surface area (Å²) in [6, 6.07) is 8.25. The van der Waals surface area contributed by atoms with E-state index in [-0.39, 0.29) is 12.3 Å². The predicted molar refractivity (Wildman–Crippen MR) is 58.4 cm³/mol. The molecule has 0 amide bonds. The molecule has 0 spiro atoms. The molecule has 1 aromatic rings. The van der Waals surface area contributed by atoms with Crippen molar-refractivity contribution in [1.82, 2.24) is 0 Å². The molecule has 0 aromatic heterocycles. The van der Waals surface area contributed by atoms with Gasteiger partial charge in [0.2, 0.25) is 0 Å². The van der Waals surface area contributed by atoms with E-state index in [4.69, 9.17) is 15.2 Å². The fraction of sp³-hybridized carbons (Fsp3) is 0.500. The van der Waals surface area contributed by atoms with Gasteiger partial charge < -0.3 is 15.2 Å². The zero-order chi connectivity index (χ0) is 10.7. The fourth-order valence-electron chi connectivity index (χ4n) is 1.79. The van der Waals surface area contributed by atoms with Crippen LogP contribution in [0.5, 0.6) is 0 Å². The number of benzene rings is 1. The molecule has 0 radical (unpaired) electrons. The van der Waals surface area contributed by atoms with Crippen LogP contribution >= 0.6 is 0 Å². The molecule has 82 valence electrons. The molecular formula is C12H17NO2. The number of nitrogens with two attached hydrogens (primary N) is 1. The van der Waals surface area contributed by atoms with Crippen molar-refractivity contribution in [2.75, 3.05) is 13.2 Å². The van der Waals surface area contributed by atoms with Gasteiger partial charge in [0, 0.05) is 12.5 Å². The van der Waals surface area contributed by atoms with Crippen molar-refractivity contribution in [3.63, 3.8) is 0 Å². The summed E-state index contributed by atoms with van der Waals surface area (Å²) in [5.41, 5.74) is 8.46. The van der Waals surface area contributed by atoms with Crippen LogP contribution in [0.25, 0.3) is 0 Å². The van der Waals surface area contributed by atoms with E-state index in [0.717, 1.165) is 12.0 Å². The molecule has 0 bridgehead atoms. The molecule has 1 aromatic carbocycles. The molecule has 1 saturated heterocycles. The number of ether oxygens (including phenoxy) is 2. The maximum absolute atomic E-state index is 6.08. The number of aryl methyl sites for hydroxylation is 1. The second-order valence-corrected chi connectivity index (χ2v) is 3.93. The molecule has 15 heavy (non-hydrogen) atoms. The van der Waals surface area contributed by atoms with Crippen molar-refractivity contribution >= 4 is 0 Å². The Hall–Kier alpha value is -0.900. The van der Waals surface area contributed by atoms with Crippen LogP contribution < -0.4 is 5.73 Å². The van der Waals surface area contributed by atoms with E-state index in [0.29, 0.717) is 13.2 Å². The minimum Gasteiger partial charge on any atom is -0.350 e. The Balaban J connectivity index is 1.97. The minimum atomic E-state index is -0.125. The molecule has 1 aliphatic heterocycles. The van der Waals surface area contributed by atoms with Crippen molar-refractivity contribution in [3.05, 3.63) is 35.4 Å². The lowest BCUT2D eigenvalue weighted by molar-refractivity contribution is -0.0507. The van der Waals surface area contributed by atoms with Gasteiger partial charge in [0.15, 0.2) is 6.29 Å². The molecule has 2 rings (SSSR count). The lowest BCUT2D eigenvalue weighted by Crippen LogP contribution is -2.19. The second kappa shape index (κ2) is 4.75. The third-order valence-electron chi connectivity index (χ3n) is 2.61. The normalized spacial score (nSPS) is 19.3. The van der Waals surface area contributed by atoms with Crippen LogP contribution in [0.15, 0.2) is 24.3 Å². The first-order chi connectivity index (χ1) is 7.25. The van der Waals surface area contributed by atoms with E-state index in [1.54, 1.807) is 0 Å². The third kappa shape index (κ3) is 2.78. The highest BCUT2D eigenvalue weighted by Gasteiger charge is 2.20. The summed E-state index contributed by atoms with van der Waals surface area (Å²) < 4.78 is 10.7. The Morgan fingerprint density at radius 2 is 2.13 bits per heavy atom. The van der Waals surface area contributed by atoms with Crippen molar-refractivity contribution in [3.8, 4) is 0 Å². The van der Waals surface area contributed by atoms with Gasteiger partial charge in [-0.1, -0.05) is 29.8 Å². The summed E-state index contributed by atoms with van der Waals surface area (Å²) >= 11 is 0. The molecule has 0 aliphatic carbocycles. The lowest BCUT2D eigenvalue weighted by atomic mass is 10.0. The third-order valence-corrected chi connectivity index (χ3v) is 2.61. The van der Waals surface area contributed by atoms with Gasteiger partial charge in [-0.15, -0.1) is 0 Å². The number of hydrogen-bond donors (Lipinski definition) is 1. The fourth-order valence-corrected chi connectivity index (χ4v) is 1.79. The Labute approximate surface area is 90.2 Å². The topological polar surface area (TPSA) is 44.5 Å². The van der Waals surface area contributed by atoms with Crippen LogP contribution in [-0.2, 0) is 9.47 Å². The molecule has 2 N–H and O–H groups in total. The van der Waals surface area contributed by atoms with Gasteiger partial charge in [0.1, 0.15) is 0 Å². The highest BCUT2D eigenvalue weighted by Crippen LogP contribution is 2.20. The summed E-state index contributed by atoms with van der Waals surface area (Å²) in [5, 5.41) is 0. The van der Waals surface area contributed by atoms with Crippen molar-refractivity contribution in [1.29, 1.82) is 0 Å². The van der Waals surface area contributed by atoms with Gasteiger partial charge in [-0.2, -0.15) is 0 Å². The van der Waals surface area contributed by atoms with E-state index in [1.807, 2.05) is 12.1 Å². The van der Waals surface area contributed by atoms with Gasteiger partial charge in [-0.25, -0.2) is 0 Å².